The number of aliphatic hydroxyl groups excluding tert-OH is 1. The lowest BCUT2D eigenvalue weighted by molar-refractivity contribution is 0.277. The van der Waals surface area contributed by atoms with E-state index in [1.165, 1.54) is 0 Å². The maximum absolute atomic E-state index is 8.86. The Labute approximate surface area is 92.9 Å². The van der Waals surface area contributed by atoms with Crippen molar-refractivity contribution >= 4 is 22.5 Å². The first-order valence-electron chi connectivity index (χ1n) is 4.86. The summed E-state index contributed by atoms with van der Waals surface area (Å²) >= 11 is 6.00. The van der Waals surface area contributed by atoms with Crippen molar-refractivity contribution in [2.24, 2.45) is 5.73 Å². The molecule has 0 aliphatic heterocycles. The molecule has 1 aromatic carbocycles. The highest BCUT2D eigenvalue weighted by Gasteiger charge is 2.11. The number of nitrogens with one attached hydrogen (secondary N) is 1. The summed E-state index contributed by atoms with van der Waals surface area (Å²) in [6, 6.07) is 5.67. The van der Waals surface area contributed by atoms with Gasteiger partial charge in [-0.1, -0.05) is 29.8 Å². The quantitative estimate of drug-likeness (QED) is 0.749. The third-order valence-corrected chi connectivity index (χ3v) is 2.85. The maximum Gasteiger partial charge on any atom is 0.0659 e. The number of para-hydroxylation sites is 1. The van der Waals surface area contributed by atoms with E-state index >= 15 is 0 Å². The van der Waals surface area contributed by atoms with Crippen molar-refractivity contribution in [3.8, 4) is 0 Å². The maximum atomic E-state index is 8.86. The zero-order chi connectivity index (χ0) is 10.8. The van der Waals surface area contributed by atoms with E-state index in [4.69, 9.17) is 22.4 Å². The van der Waals surface area contributed by atoms with Gasteiger partial charge in [-0.15, -0.1) is 0 Å². The minimum atomic E-state index is -0.159. The van der Waals surface area contributed by atoms with Crippen LogP contribution in [0, 0.1) is 0 Å². The third kappa shape index (κ3) is 1.86. The lowest BCUT2D eigenvalue weighted by atomic mass is 10.0. The Hall–Kier alpha value is -1.03. The van der Waals surface area contributed by atoms with E-state index in [2.05, 4.69) is 4.98 Å². The summed E-state index contributed by atoms with van der Waals surface area (Å²) in [4.78, 5) is 3.10. The SMILES string of the molecule is NC(CCO)c1cccc2c(Cl)c[nH]c12. The fourth-order valence-electron chi connectivity index (χ4n) is 1.75. The fraction of sp³-hybridized carbons (Fsp3) is 0.273. The first-order chi connectivity index (χ1) is 7.24. The first-order valence-corrected chi connectivity index (χ1v) is 5.23. The Morgan fingerprint density at radius 1 is 1.47 bits per heavy atom. The second kappa shape index (κ2) is 4.23. The van der Waals surface area contributed by atoms with Crippen LogP contribution < -0.4 is 5.73 Å². The molecule has 0 aliphatic carbocycles. The molecule has 4 heteroatoms. The highest BCUT2D eigenvalue weighted by atomic mass is 35.5. The number of aliphatic hydroxyl groups is 1. The average Bonchev–Trinajstić information content (AvgIpc) is 2.61. The number of nitrogens with two attached hydrogens (primary N) is 1. The minimum absolute atomic E-state index is 0.0893. The molecule has 4 N–H and O–H groups in total. The number of aromatic nitrogens is 1. The van der Waals surface area contributed by atoms with Crippen molar-refractivity contribution in [2.45, 2.75) is 12.5 Å². The standard InChI is InChI=1S/C11H13ClN2O/c12-9-6-14-11-7(9)2-1-3-8(11)10(13)4-5-15/h1-3,6,10,14-15H,4-5,13H2. The number of fused-ring (bicyclic) bond motifs is 1. The smallest absolute Gasteiger partial charge is 0.0659 e. The molecule has 80 valence electrons. The summed E-state index contributed by atoms with van der Waals surface area (Å²) in [5, 5.41) is 10.5. The molecule has 0 saturated heterocycles. The van der Waals surface area contributed by atoms with Crippen LogP contribution in [0.5, 0.6) is 0 Å². The zero-order valence-corrected chi connectivity index (χ0v) is 8.96. The number of hydrogen-bond acceptors (Lipinski definition) is 2. The van der Waals surface area contributed by atoms with Crippen molar-refractivity contribution in [1.82, 2.24) is 4.98 Å². The van der Waals surface area contributed by atoms with Crippen molar-refractivity contribution in [3.05, 3.63) is 35.0 Å². The van der Waals surface area contributed by atoms with Crippen LogP contribution in [0.1, 0.15) is 18.0 Å². The van der Waals surface area contributed by atoms with Gasteiger partial charge in [-0.3, -0.25) is 0 Å². The molecule has 0 radical (unpaired) electrons. The van der Waals surface area contributed by atoms with Crippen molar-refractivity contribution in [3.63, 3.8) is 0 Å². The molecule has 2 aromatic rings. The number of rotatable bonds is 3. The number of H-pyrrole nitrogens is 1. The molecule has 0 amide bonds. The normalized spacial score (nSPS) is 13.3. The van der Waals surface area contributed by atoms with Gasteiger partial charge < -0.3 is 15.8 Å². The molecule has 0 saturated carbocycles. The van der Waals surface area contributed by atoms with Gasteiger partial charge in [-0.2, -0.15) is 0 Å². The van der Waals surface area contributed by atoms with Gasteiger partial charge in [-0.25, -0.2) is 0 Å². The van der Waals surface area contributed by atoms with Gasteiger partial charge in [0.05, 0.1) is 10.5 Å². The molecule has 2 rings (SSSR count). The summed E-state index contributed by atoms with van der Waals surface area (Å²) in [5.41, 5.74) is 7.91. The Bertz CT molecular complexity index is 467. The molecular formula is C11H13ClN2O. The predicted molar refractivity (Wildman–Crippen MR) is 61.9 cm³/mol. The molecule has 3 nitrogen and oxygen atoms in total. The minimum Gasteiger partial charge on any atom is -0.396 e. The summed E-state index contributed by atoms with van der Waals surface area (Å²) in [6.45, 7) is 0.0893. The monoisotopic (exact) mass is 224 g/mol. The number of hydrogen-bond donors (Lipinski definition) is 3. The van der Waals surface area contributed by atoms with Crippen LogP contribution in [0.3, 0.4) is 0 Å². The van der Waals surface area contributed by atoms with Gasteiger partial charge in [0.1, 0.15) is 0 Å². The summed E-state index contributed by atoms with van der Waals surface area (Å²) in [7, 11) is 0. The Morgan fingerprint density at radius 2 is 2.27 bits per heavy atom. The molecule has 1 unspecified atom stereocenters. The van der Waals surface area contributed by atoms with Crippen LogP contribution in [-0.2, 0) is 0 Å². The van der Waals surface area contributed by atoms with Gasteiger partial charge >= 0.3 is 0 Å². The number of halogens is 1. The van der Waals surface area contributed by atoms with Crippen LogP contribution >= 0.6 is 11.6 Å². The predicted octanol–water partition coefficient (Wildman–Crippen LogP) is 2.20. The van der Waals surface area contributed by atoms with Gasteiger partial charge in [0.15, 0.2) is 0 Å². The first kappa shape index (κ1) is 10.5. The Morgan fingerprint density at radius 3 is 3.00 bits per heavy atom. The van der Waals surface area contributed by atoms with E-state index in [9.17, 15) is 0 Å². The molecule has 0 fully saturated rings. The molecule has 1 atom stereocenters. The van der Waals surface area contributed by atoms with Crippen molar-refractivity contribution < 1.29 is 5.11 Å². The molecule has 0 aliphatic rings. The second-order valence-electron chi connectivity index (χ2n) is 3.53. The highest BCUT2D eigenvalue weighted by molar-refractivity contribution is 6.35. The zero-order valence-electron chi connectivity index (χ0n) is 8.20. The second-order valence-corrected chi connectivity index (χ2v) is 3.93. The van der Waals surface area contributed by atoms with Crippen molar-refractivity contribution in [2.75, 3.05) is 6.61 Å². The van der Waals surface area contributed by atoms with Crippen LogP contribution in [0.15, 0.2) is 24.4 Å². The van der Waals surface area contributed by atoms with E-state index in [0.29, 0.717) is 11.4 Å². The van der Waals surface area contributed by atoms with Crippen LogP contribution in [0.25, 0.3) is 10.9 Å². The van der Waals surface area contributed by atoms with E-state index in [0.717, 1.165) is 16.5 Å². The van der Waals surface area contributed by atoms with E-state index in [1.54, 1.807) is 6.20 Å². The topological polar surface area (TPSA) is 62.0 Å². The van der Waals surface area contributed by atoms with E-state index < -0.39 is 0 Å². The van der Waals surface area contributed by atoms with Crippen molar-refractivity contribution in [1.29, 1.82) is 0 Å². The van der Waals surface area contributed by atoms with Crippen LogP contribution in [0.4, 0.5) is 0 Å². The highest BCUT2D eigenvalue weighted by Crippen LogP contribution is 2.28. The summed E-state index contributed by atoms with van der Waals surface area (Å²) in [5.74, 6) is 0. The van der Waals surface area contributed by atoms with Crippen LogP contribution in [-0.4, -0.2) is 16.7 Å². The fourth-order valence-corrected chi connectivity index (χ4v) is 1.96. The van der Waals surface area contributed by atoms with Gasteiger partial charge in [0, 0.05) is 24.2 Å². The molecule has 0 spiro atoms. The summed E-state index contributed by atoms with van der Waals surface area (Å²) < 4.78 is 0. The van der Waals surface area contributed by atoms with E-state index in [-0.39, 0.29) is 12.6 Å². The van der Waals surface area contributed by atoms with Gasteiger partial charge in [-0.05, 0) is 12.0 Å². The Balaban J connectivity index is 2.51. The molecule has 15 heavy (non-hydrogen) atoms. The van der Waals surface area contributed by atoms with Crippen LogP contribution in [0.2, 0.25) is 5.02 Å². The molecule has 0 bridgehead atoms. The molecule has 1 aromatic heterocycles. The largest absolute Gasteiger partial charge is 0.396 e. The third-order valence-electron chi connectivity index (χ3n) is 2.54. The molecular weight excluding hydrogens is 212 g/mol. The average molecular weight is 225 g/mol. The van der Waals surface area contributed by atoms with Gasteiger partial charge in [0.25, 0.3) is 0 Å². The number of aromatic amines is 1. The number of benzene rings is 1. The molecule has 1 heterocycles. The summed E-state index contributed by atoms with van der Waals surface area (Å²) in [6.07, 6.45) is 2.30. The van der Waals surface area contributed by atoms with Gasteiger partial charge in [0.2, 0.25) is 0 Å². The Kier molecular flexibility index (Phi) is 2.95. The lowest BCUT2D eigenvalue weighted by Crippen LogP contribution is -2.12. The lowest BCUT2D eigenvalue weighted by Gasteiger charge is -2.11. The van der Waals surface area contributed by atoms with E-state index in [1.807, 2.05) is 18.2 Å².